The summed E-state index contributed by atoms with van der Waals surface area (Å²) < 4.78 is 0. The van der Waals surface area contributed by atoms with Crippen molar-refractivity contribution in [2.75, 3.05) is 0 Å². The van der Waals surface area contributed by atoms with Crippen LogP contribution in [-0.4, -0.2) is 40.1 Å². The summed E-state index contributed by atoms with van der Waals surface area (Å²) in [4.78, 5) is 27.7. The van der Waals surface area contributed by atoms with E-state index in [1.54, 1.807) is 12.4 Å². The standard InChI is InChI=1S/C32H26N8/c1-15(2)31-37-26-19-7-5-17(11-21(19)23-13-35-36-14-24(23)28(26)39-31)18-6-8-20-22(12-18)25-29(34-10-9-33-25)30-27(20)38-32(40-30)16(3)4/h5-16,35H,1-4H3,(H,38,40). The molecule has 4 aromatic heterocycles. The number of H-pyrrole nitrogens is 2. The first-order valence-corrected chi connectivity index (χ1v) is 13.6. The topological polar surface area (TPSA) is 109 Å². The van der Waals surface area contributed by atoms with Gasteiger partial charge in [-0.1, -0.05) is 52.0 Å². The zero-order chi connectivity index (χ0) is 27.1. The van der Waals surface area contributed by atoms with Gasteiger partial charge in [0.25, 0.3) is 0 Å². The molecule has 4 aromatic carbocycles. The molecule has 8 aromatic rings. The Morgan fingerprint density at radius 1 is 0.600 bits per heavy atom. The van der Waals surface area contributed by atoms with Crippen LogP contribution in [0.1, 0.15) is 51.2 Å². The quantitative estimate of drug-likeness (QED) is 0.232. The van der Waals surface area contributed by atoms with Gasteiger partial charge in [0, 0.05) is 57.4 Å². The molecule has 0 aliphatic heterocycles. The largest absolute Gasteiger partial charge is 0.340 e. The highest BCUT2D eigenvalue weighted by Gasteiger charge is 2.19. The second-order valence-corrected chi connectivity index (χ2v) is 11.1. The predicted molar refractivity (Wildman–Crippen MR) is 161 cm³/mol. The number of aromatic amines is 2. The van der Waals surface area contributed by atoms with Crippen molar-refractivity contribution < 1.29 is 0 Å². The normalized spacial score (nSPS) is 12.4. The molecule has 0 saturated heterocycles. The van der Waals surface area contributed by atoms with Crippen LogP contribution in [-0.2, 0) is 0 Å². The number of rotatable bonds is 3. The summed E-state index contributed by atoms with van der Waals surface area (Å²) in [6.07, 6.45) is 7.30. The van der Waals surface area contributed by atoms with Crippen molar-refractivity contribution in [3.8, 4) is 11.1 Å². The second-order valence-electron chi connectivity index (χ2n) is 11.1. The Kier molecular flexibility index (Phi) is 4.74. The third kappa shape index (κ3) is 3.19. The van der Waals surface area contributed by atoms with Crippen LogP contribution < -0.4 is 0 Å². The third-order valence-electron chi connectivity index (χ3n) is 7.85. The highest BCUT2D eigenvalue weighted by atomic mass is 15.1. The van der Waals surface area contributed by atoms with Gasteiger partial charge >= 0.3 is 0 Å². The fraction of sp³-hybridized carbons (Fsp3) is 0.188. The van der Waals surface area contributed by atoms with Crippen LogP contribution in [0.2, 0.25) is 0 Å². The number of hydrogen-bond donors (Lipinski definition) is 2. The Hall–Kier alpha value is -4.98. The molecule has 40 heavy (non-hydrogen) atoms. The van der Waals surface area contributed by atoms with Gasteiger partial charge in [-0.15, -0.1) is 0 Å². The molecule has 8 heteroatoms. The van der Waals surface area contributed by atoms with Crippen LogP contribution in [0.25, 0.3) is 76.5 Å². The summed E-state index contributed by atoms with van der Waals surface area (Å²) in [5.41, 5.74) is 7.62. The average molecular weight is 523 g/mol. The maximum atomic E-state index is 4.97. The van der Waals surface area contributed by atoms with Crippen LogP contribution in [0.4, 0.5) is 0 Å². The molecular formula is C32H26N8. The molecule has 4 heterocycles. The molecule has 0 saturated carbocycles. The number of hydrogen-bond acceptors (Lipinski definition) is 6. The van der Waals surface area contributed by atoms with E-state index in [1.807, 2.05) is 12.4 Å². The molecular weight excluding hydrogens is 496 g/mol. The van der Waals surface area contributed by atoms with E-state index in [9.17, 15) is 0 Å². The molecule has 0 aliphatic carbocycles. The van der Waals surface area contributed by atoms with Crippen LogP contribution in [0.5, 0.6) is 0 Å². The molecule has 2 N–H and O–H groups in total. The number of nitrogens with zero attached hydrogens (tertiary/aromatic N) is 6. The summed E-state index contributed by atoms with van der Waals surface area (Å²) in [5.74, 6) is 2.33. The average Bonchev–Trinajstić information content (AvgIpc) is 3.64. The molecule has 0 radical (unpaired) electrons. The summed E-state index contributed by atoms with van der Waals surface area (Å²) in [6, 6.07) is 13.1. The predicted octanol–water partition coefficient (Wildman–Crippen LogP) is 7.55. The van der Waals surface area contributed by atoms with Crippen LogP contribution in [0, 0.1) is 0 Å². The zero-order valence-electron chi connectivity index (χ0n) is 22.6. The molecule has 0 fully saturated rings. The van der Waals surface area contributed by atoms with Crippen LogP contribution >= 0.6 is 0 Å². The fourth-order valence-corrected chi connectivity index (χ4v) is 5.78. The van der Waals surface area contributed by atoms with Crippen molar-refractivity contribution >= 4 is 65.4 Å². The first-order valence-electron chi connectivity index (χ1n) is 13.6. The SMILES string of the molecule is CC(C)c1nc2c3ccc(-c4ccc5c(c4)c4nccnc4c4[nH]c(C(C)C)nc54)cc3c3c[nH]ncc3c2n1. The van der Waals surface area contributed by atoms with Crippen molar-refractivity contribution in [1.82, 2.24) is 40.1 Å². The van der Waals surface area contributed by atoms with Gasteiger partial charge in [0.15, 0.2) is 0 Å². The number of imidazole rings is 2. The monoisotopic (exact) mass is 522 g/mol. The Labute approximate surface area is 228 Å². The Balaban J connectivity index is 1.41. The summed E-state index contributed by atoms with van der Waals surface area (Å²) >= 11 is 0. The van der Waals surface area contributed by atoms with Crippen molar-refractivity contribution in [2.45, 2.75) is 39.5 Å². The van der Waals surface area contributed by atoms with Gasteiger partial charge < -0.3 is 4.98 Å². The number of fused-ring (bicyclic) bond motifs is 12. The zero-order valence-corrected chi connectivity index (χ0v) is 22.6. The Morgan fingerprint density at radius 3 is 2.00 bits per heavy atom. The van der Waals surface area contributed by atoms with Crippen molar-refractivity contribution in [1.29, 1.82) is 0 Å². The first-order chi connectivity index (χ1) is 19.5. The van der Waals surface area contributed by atoms with Crippen LogP contribution in [0.15, 0.2) is 61.2 Å². The van der Waals surface area contributed by atoms with E-state index in [-0.39, 0.29) is 11.8 Å². The molecule has 0 amide bonds. The Morgan fingerprint density at radius 2 is 1.27 bits per heavy atom. The molecule has 0 atom stereocenters. The van der Waals surface area contributed by atoms with E-state index in [0.29, 0.717) is 0 Å². The highest BCUT2D eigenvalue weighted by molar-refractivity contribution is 6.24. The van der Waals surface area contributed by atoms with Gasteiger partial charge in [0.05, 0.1) is 28.3 Å². The fourth-order valence-electron chi connectivity index (χ4n) is 5.78. The maximum absolute atomic E-state index is 4.97. The van der Waals surface area contributed by atoms with Crippen molar-refractivity contribution in [3.05, 3.63) is 72.8 Å². The van der Waals surface area contributed by atoms with Gasteiger partial charge in [0.2, 0.25) is 0 Å². The lowest BCUT2D eigenvalue weighted by Gasteiger charge is -2.10. The first kappa shape index (κ1) is 23.0. The minimum absolute atomic E-state index is 0.244. The molecule has 8 nitrogen and oxygen atoms in total. The number of benzene rings is 4. The summed E-state index contributed by atoms with van der Waals surface area (Å²) in [7, 11) is 0. The molecule has 0 spiro atoms. The van der Waals surface area contributed by atoms with Crippen molar-refractivity contribution in [2.24, 2.45) is 0 Å². The summed E-state index contributed by atoms with van der Waals surface area (Å²) in [6.45, 7) is 8.52. The van der Waals surface area contributed by atoms with Gasteiger partial charge in [-0.2, -0.15) is 5.10 Å². The minimum Gasteiger partial charge on any atom is -0.340 e. The van der Waals surface area contributed by atoms with E-state index >= 15 is 0 Å². The summed E-state index contributed by atoms with van der Waals surface area (Å²) in [5, 5.41) is 13.7. The molecule has 0 bridgehead atoms. The van der Waals surface area contributed by atoms with E-state index in [0.717, 1.165) is 88.2 Å². The molecule has 194 valence electrons. The minimum atomic E-state index is 0.244. The van der Waals surface area contributed by atoms with Crippen LogP contribution in [0.3, 0.4) is 0 Å². The maximum Gasteiger partial charge on any atom is 0.132 e. The molecule has 0 aliphatic rings. The van der Waals surface area contributed by atoms with Gasteiger partial charge in [-0.3, -0.25) is 15.1 Å². The second kappa shape index (κ2) is 8.26. The lowest BCUT2D eigenvalue weighted by Crippen LogP contribution is -1.89. The number of nitrogens with one attached hydrogen (secondary N) is 2. The van der Waals surface area contributed by atoms with Crippen molar-refractivity contribution in [3.63, 3.8) is 0 Å². The Bertz CT molecular complexity index is 2130. The lowest BCUT2D eigenvalue weighted by molar-refractivity contribution is 0.799. The molecule has 8 rings (SSSR count). The van der Waals surface area contributed by atoms with Gasteiger partial charge in [-0.25, -0.2) is 15.0 Å². The lowest BCUT2D eigenvalue weighted by atomic mass is 9.95. The van der Waals surface area contributed by atoms with Gasteiger partial charge in [-0.05, 0) is 28.6 Å². The smallest absolute Gasteiger partial charge is 0.132 e. The van der Waals surface area contributed by atoms with E-state index in [4.69, 9.17) is 24.9 Å². The third-order valence-corrected chi connectivity index (χ3v) is 7.85. The van der Waals surface area contributed by atoms with E-state index < -0.39 is 0 Å². The van der Waals surface area contributed by atoms with E-state index in [1.165, 1.54) is 0 Å². The van der Waals surface area contributed by atoms with E-state index in [2.05, 4.69) is 79.3 Å². The molecule has 0 unspecified atom stereocenters. The number of aromatic nitrogens is 8. The highest BCUT2D eigenvalue weighted by Crippen LogP contribution is 2.38. The van der Waals surface area contributed by atoms with Gasteiger partial charge in [0.1, 0.15) is 22.7 Å².